The van der Waals surface area contributed by atoms with E-state index in [9.17, 15) is 13.2 Å². The minimum atomic E-state index is -4.60. The van der Waals surface area contributed by atoms with Crippen molar-refractivity contribution in [1.82, 2.24) is 14.9 Å². The Morgan fingerprint density at radius 2 is 2.00 bits per heavy atom. The van der Waals surface area contributed by atoms with E-state index in [-0.39, 0.29) is 11.0 Å². The summed E-state index contributed by atoms with van der Waals surface area (Å²) >= 11 is 5.58. The van der Waals surface area contributed by atoms with Gasteiger partial charge in [0, 0.05) is 25.7 Å². The summed E-state index contributed by atoms with van der Waals surface area (Å²) in [4.78, 5) is 8.85. The number of rotatable bonds is 5. The summed E-state index contributed by atoms with van der Waals surface area (Å²) in [7, 11) is 0. The summed E-state index contributed by atoms with van der Waals surface area (Å²) in [5.41, 5.74) is 0. The topological polar surface area (TPSA) is 50.3 Å². The average molecular weight is 325 g/mol. The van der Waals surface area contributed by atoms with Gasteiger partial charge >= 0.3 is 6.18 Å². The van der Waals surface area contributed by atoms with Gasteiger partial charge in [0.25, 0.3) is 0 Å². The van der Waals surface area contributed by atoms with Crippen molar-refractivity contribution < 1.29 is 17.9 Å². The zero-order chi connectivity index (χ0) is 15.3. The molecule has 0 atom stereocenters. The molecular weight excluding hydrogens is 309 g/mol. The van der Waals surface area contributed by atoms with Crippen molar-refractivity contribution in [2.24, 2.45) is 0 Å². The Hall–Kier alpha value is -1.12. The maximum atomic E-state index is 12.5. The van der Waals surface area contributed by atoms with Gasteiger partial charge in [0.1, 0.15) is 11.0 Å². The first-order valence-corrected chi connectivity index (χ1v) is 6.99. The number of morpholine rings is 1. The van der Waals surface area contributed by atoms with Crippen LogP contribution in [0.15, 0.2) is 6.07 Å². The van der Waals surface area contributed by atoms with Gasteiger partial charge in [-0.25, -0.2) is 9.97 Å². The lowest BCUT2D eigenvalue weighted by Gasteiger charge is -2.26. The molecule has 1 fully saturated rings. The summed E-state index contributed by atoms with van der Waals surface area (Å²) < 4.78 is 42.9. The van der Waals surface area contributed by atoms with Crippen LogP contribution < -0.4 is 5.32 Å². The van der Waals surface area contributed by atoms with Gasteiger partial charge in [-0.1, -0.05) is 11.6 Å². The zero-order valence-corrected chi connectivity index (χ0v) is 12.0. The van der Waals surface area contributed by atoms with Gasteiger partial charge in [-0.2, -0.15) is 13.2 Å². The minimum absolute atomic E-state index is 0.0873. The van der Waals surface area contributed by atoms with E-state index < -0.39 is 12.0 Å². The van der Waals surface area contributed by atoms with Crippen molar-refractivity contribution in [2.45, 2.75) is 12.6 Å². The van der Waals surface area contributed by atoms with Crippen LogP contribution >= 0.6 is 11.6 Å². The number of halogens is 4. The van der Waals surface area contributed by atoms with Crippen LogP contribution in [0.3, 0.4) is 0 Å². The normalized spacial score (nSPS) is 17.0. The number of anilines is 1. The molecule has 1 N–H and O–H groups in total. The SMILES string of the molecule is FC(F)(F)c1nc(Cl)cc(NCCCN2CCOCC2)n1. The van der Waals surface area contributed by atoms with E-state index in [2.05, 4.69) is 20.2 Å². The smallest absolute Gasteiger partial charge is 0.379 e. The van der Waals surface area contributed by atoms with Gasteiger partial charge in [-0.3, -0.25) is 4.90 Å². The van der Waals surface area contributed by atoms with Crippen molar-refractivity contribution in [3.8, 4) is 0 Å². The number of hydrogen-bond donors (Lipinski definition) is 1. The highest BCUT2D eigenvalue weighted by molar-refractivity contribution is 6.29. The lowest BCUT2D eigenvalue weighted by molar-refractivity contribution is -0.144. The second-order valence-electron chi connectivity index (χ2n) is 4.63. The highest BCUT2D eigenvalue weighted by atomic mass is 35.5. The first-order chi connectivity index (χ1) is 9.95. The Bertz CT molecular complexity index is 466. The molecule has 2 heterocycles. The molecule has 0 aromatic carbocycles. The van der Waals surface area contributed by atoms with Crippen LogP contribution in [0.5, 0.6) is 0 Å². The number of ether oxygens (including phenoxy) is 1. The van der Waals surface area contributed by atoms with Crippen molar-refractivity contribution in [2.75, 3.05) is 44.7 Å². The fourth-order valence-corrected chi connectivity index (χ4v) is 2.16. The fraction of sp³-hybridized carbons (Fsp3) is 0.667. The van der Waals surface area contributed by atoms with Crippen LogP contribution in [0.1, 0.15) is 12.2 Å². The van der Waals surface area contributed by atoms with E-state index in [0.717, 1.165) is 39.3 Å². The first-order valence-electron chi connectivity index (χ1n) is 6.61. The maximum Gasteiger partial charge on any atom is 0.451 e. The molecular formula is C12H16ClF3N4O. The predicted molar refractivity (Wildman–Crippen MR) is 72.4 cm³/mol. The molecule has 1 aromatic heterocycles. The summed E-state index contributed by atoms with van der Waals surface area (Å²) in [6, 6.07) is 1.28. The van der Waals surface area contributed by atoms with E-state index in [0.29, 0.717) is 6.54 Å². The van der Waals surface area contributed by atoms with Crippen molar-refractivity contribution in [1.29, 1.82) is 0 Å². The Balaban J connectivity index is 1.81. The summed E-state index contributed by atoms with van der Waals surface area (Å²) in [5.74, 6) is -1.14. The molecule has 1 aromatic rings. The molecule has 0 saturated carbocycles. The third-order valence-corrected chi connectivity index (χ3v) is 3.20. The Kier molecular flexibility index (Phi) is 5.60. The van der Waals surface area contributed by atoms with Crippen LogP contribution in [-0.4, -0.2) is 54.3 Å². The van der Waals surface area contributed by atoms with Gasteiger partial charge in [0.15, 0.2) is 0 Å². The summed E-state index contributed by atoms with van der Waals surface area (Å²) in [6.45, 7) is 4.60. The zero-order valence-electron chi connectivity index (χ0n) is 11.3. The fourth-order valence-electron chi connectivity index (χ4n) is 1.98. The van der Waals surface area contributed by atoms with Gasteiger partial charge in [-0.15, -0.1) is 0 Å². The minimum Gasteiger partial charge on any atom is -0.379 e. The predicted octanol–water partition coefficient (Wildman–Crippen LogP) is 2.28. The molecule has 0 unspecified atom stereocenters. The van der Waals surface area contributed by atoms with Gasteiger partial charge in [0.05, 0.1) is 13.2 Å². The number of alkyl halides is 3. The Morgan fingerprint density at radius 1 is 1.29 bits per heavy atom. The molecule has 0 radical (unpaired) electrons. The van der Waals surface area contributed by atoms with Crippen LogP contribution in [-0.2, 0) is 10.9 Å². The molecule has 2 rings (SSSR count). The van der Waals surface area contributed by atoms with Crippen LogP contribution in [0.4, 0.5) is 19.0 Å². The molecule has 0 aliphatic carbocycles. The van der Waals surface area contributed by atoms with Gasteiger partial charge in [-0.05, 0) is 13.0 Å². The van der Waals surface area contributed by atoms with E-state index in [4.69, 9.17) is 16.3 Å². The quantitative estimate of drug-likeness (QED) is 0.665. The van der Waals surface area contributed by atoms with Gasteiger partial charge in [0.2, 0.25) is 5.82 Å². The molecule has 0 amide bonds. The van der Waals surface area contributed by atoms with E-state index >= 15 is 0 Å². The molecule has 9 heteroatoms. The monoisotopic (exact) mass is 324 g/mol. The van der Waals surface area contributed by atoms with Crippen LogP contribution in [0.25, 0.3) is 0 Å². The molecule has 1 aliphatic heterocycles. The number of aromatic nitrogens is 2. The lowest BCUT2D eigenvalue weighted by atomic mass is 10.3. The summed E-state index contributed by atoms with van der Waals surface area (Å²) in [6.07, 6.45) is -3.81. The first kappa shape index (κ1) is 16.3. The van der Waals surface area contributed by atoms with Gasteiger partial charge < -0.3 is 10.1 Å². The third-order valence-electron chi connectivity index (χ3n) is 3.01. The standard InChI is InChI=1S/C12H16ClF3N4O/c13-9-8-10(19-11(18-9)12(14,15)16)17-2-1-3-20-4-6-21-7-5-20/h8H,1-7H2,(H,17,18,19). The van der Waals surface area contributed by atoms with E-state index in [1.54, 1.807) is 0 Å². The van der Waals surface area contributed by atoms with E-state index in [1.165, 1.54) is 6.07 Å². The Labute approximate surface area is 125 Å². The number of nitrogens with zero attached hydrogens (tertiary/aromatic N) is 3. The average Bonchev–Trinajstić information content (AvgIpc) is 2.43. The molecule has 21 heavy (non-hydrogen) atoms. The Morgan fingerprint density at radius 3 is 2.67 bits per heavy atom. The van der Waals surface area contributed by atoms with Crippen LogP contribution in [0, 0.1) is 0 Å². The third kappa shape index (κ3) is 5.29. The molecule has 5 nitrogen and oxygen atoms in total. The molecule has 0 bridgehead atoms. The maximum absolute atomic E-state index is 12.5. The van der Waals surface area contributed by atoms with E-state index in [1.807, 2.05) is 0 Å². The molecule has 0 spiro atoms. The van der Waals surface area contributed by atoms with Crippen LogP contribution in [0.2, 0.25) is 5.15 Å². The lowest BCUT2D eigenvalue weighted by Crippen LogP contribution is -2.37. The molecule has 1 aliphatic rings. The summed E-state index contributed by atoms with van der Waals surface area (Å²) in [5, 5.41) is 2.62. The van der Waals surface area contributed by atoms with Crippen molar-refractivity contribution >= 4 is 17.4 Å². The largest absolute Gasteiger partial charge is 0.451 e. The molecule has 1 saturated heterocycles. The highest BCUT2D eigenvalue weighted by Gasteiger charge is 2.35. The number of hydrogen-bond acceptors (Lipinski definition) is 5. The van der Waals surface area contributed by atoms with Crippen molar-refractivity contribution in [3.05, 3.63) is 17.0 Å². The second-order valence-corrected chi connectivity index (χ2v) is 5.02. The molecule has 118 valence electrons. The van der Waals surface area contributed by atoms with Crippen molar-refractivity contribution in [3.63, 3.8) is 0 Å². The number of nitrogens with one attached hydrogen (secondary N) is 1. The second kappa shape index (κ2) is 7.24. The highest BCUT2D eigenvalue weighted by Crippen LogP contribution is 2.28.